The molecule has 0 bridgehead atoms. The van der Waals surface area contributed by atoms with Gasteiger partial charge in [0.25, 0.3) is 5.91 Å². The Labute approximate surface area is 193 Å². The van der Waals surface area contributed by atoms with Gasteiger partial charge >= 0.3 is 0 Å². The highest BCUT2D eigenvalue weighted by Crippen LogP contribution is 2.43. The summed E-state index contributed by atoms with van der Waals surface area (Å²) >= 11 is 0. The third-order valence-electron chi connectivity index (χ3n) is 6.25. The maximum Gasteiger partial charge on any atom is 0.273 e. The van der Waals surface area contributed by atoms with Crippen molar-refractivity contribution in [2.24, 2.45) is 0 Å². The molecule has 1 atom stereocenters. The van der Waals surface area contributed by atoms with Crippen LogP contribution < -0.4 is 4.74 Å². The van der Waals surface area contributed by atoms with E-state index in [0.29, 0.717) is 18.2 Å². The van der Waals surface area contributed by atoms with Crippen LogP contribution >= 0.6 is 0 Å². The fourth-order valence-corrected chi connectivity index (χ4v) is 4.42. The van der Waals surface area contributed by atoms with Crippen LogP contribution in [0.2, 0.25) is 0 Å². The van der Waals surface area contributed by atoms with Gasteiger partial charge in [0.05, 0.1) is 18.8 Å². The molecule has 0 aliphatic carbocycles. The number of amides is 1. The summed E-state index contributed by atoms with van der Waals surface area (Å²) in [6, 6.07) is 20.0. The molecule has 1 N–H and O–H groups in total. The number of rotatable bonds is 6. The molecular weight excluding hydrogens is 412 g/mol. The molecule has 2 aromatic heterocycles. The van der Waals surface area contributed by atoms with Crippen molar-refractivity contribution >= 4 is 5.91 Å². The standard InChI is InChI=1S/C27H26N4O2/c1-17(2)19-4-6-21(7-5-19)26-23-24(20-8-10-22(33-3)11-9-20)29-30-25(23)27(32)31(26)16-18-12-14-28-15-13-18/h4-15,17,26H,16H2,1-3H3,(H,29,30). The lowest BCUT2D eigenvalue weighted by Crippen LogP contribution is -2.29. The summed E-state index contributed by atoms with van der Waals surface area (Å²) in [6.07, 6.45) is 3.51. The van der Waals surface area contributed by atoms with Crippen molar-refractivity contribution in [2.75, 3.05) is 7.11 Å². The molecule has 0 spiro atoms. The van der Waals surface area contributed by atoms with Gasteiger partial charge in [-0.1, -0.05) is 38.1 Å². The van der Waals surface area contributed by atoms with E-state index in [0.717, 1.165) is 33.7 Å². The lowest BCUT2D eigenvalue weighted by molar-refractivity contribution is 0.0730. The number of aromatic amines is 1. The van der Waals surface area contributed by atoms with Crippen LogP contribution in [0.1, 0.15) is 58.5 Å². The first-order valence-electron chi connectivity index (χ1n) is 11.1. The number of nitrogens with zero attached hydrogens (tertiary/aromatic N) is 3. The van der Waals surface area contributed by atoms with Gasteiger partial charge in [-0.3, -0.25) is 14.9 Å². The van der Waals surface area contributed by atoms with E-state index < -0.39 is 0 Å². The van der Waals surface area contributed by atoms with E-state index in [1.807, 2.05) is 41.3 Å². The average Bonchev–Trinajstić information content (AvgIpc) is 3.39. The number of hydrogen-bond donors (Lipinski definition) is 1. The Hall–Kier alpha value is -3.93. The van der Waals surface area contributed by atoms with E-state index in [4.69, 9.17) is 4.74 Å². The summed E-state index contributed by atoms with van der Waals surface area (Å²) in [5.41, 5.74) is 6.56. The van der Waals surface area contributed by atoms with Gasteiger partial charge in [0, 0.05) is 30.1 Å². The number of nitrogens with one attached hydrogen (secondary N) is 1. The maximum atomic E-state index is 13.5. The van der Waals surface area contributed by atoms with Gasteiger partial charge in [0.15, 0.2) is 0 Å². The highest BCUT2D eigenvalue weighted by Gasteiger charge is 2.42. The zero-order valence-corrected chi connectivity index (χ0v) is 18.9. The number of methoxy groups -OCH3 is 1. The van der Waals surface area contributed by atoms with Gasteiger partial charge in [0.2, 0.25) is 0 Å². The molecule has 0 fully saturated rings. The lowest BCUT2D eigenvalue weighted by Gasteiger charge is -2.27. The van der Waals surface area contributed by atoms with Crippen molar-refractivity contribution < 1.29 is 9.53 Å². The highest BCUT2D eigenvalue weighted by molar-refractivity contribution is 6.00. The second-order valence-electron chi connectivity index (χ2n) is 8.60. The number of benzene rings is 2. The van der Waals surface area contributed by atoms with Crippen LogP contribution in [0.15, 0.2) is 73.1 Å². The van der Waals surface area contributed by atoms with Gasteiger partial charge < -0.3 is 9.64 Å². The molecule has 4 aromatic rings. The zero-order chi connectivity index (χ0) is 22.9. The number of aromatic nitrogens is 3. The van der Waals surface area contributed by atoms with Crippen molar-refractivity contribution in [3.63, 3.8) is 0 Å². The van der Waals surface area contributed by atoms with Crippen molar-refractivity contribution in [1.29, 1.82) is 0 Å². The first-order valence-corrected chi connectivity index (χ1v) is 11.1. The molecule has 0 saturated carbocycles. The summed E-state index contributed by atoms with van der Waals surface area (Å²) < 4.78 is 5.30. The second kappa shape index (κ2) is 8.54. The third kappa shape index (κ3) is 3.78. The van der Waals surface area contributed by atoms with Crippen LogP contribution in [0.25, 0.3) is 11.3 Å². The number of carbonyl (C=O) groups is 1. The number of hydrogen-bond acceptors (Lipinski definition) is 4. The van der Waals surface area contributed by atoms with E-state index >= 15 is 0 Å². The molecular formula is C27H26N4O2. The SMILES string of the molecule is COc1ccc(-c2n[nH]c3c2C(c2ccc(C(C)C)cc2)N(Cc2ccncc2)C3=O)cc1. The fourth-order valence-electron chi connectivity index (χ4n) is 4.42. The van der Waals surface area contributed by atoms with Gasteiger partial charge in [0.1, 0.15) is 11.4 Å². The molecule has 0 radical (unpaired) electrons. The Balaban J connectivity index is 1.62. The van der Waals surface area contributed by atoms with E-state index in [1.54, 1.807) is 19.5 Å². The predicted molar refractivity (Wildman–Crippen MR) is 127 cm³/mol. The highest BCUT2D eigenvalue weighted by atomic mass is 16.5. The molecule has 1 aliphatic heterocycles. The largest absolute Gasteiger partial charge is 0.497 e. The van der Waals surface area contributed by atoms with Crippen LogP contribution in [0.5, 0.6) is 5.75 Å². The monoisotopic (exact) mass is 438 g/mol. The van der Waals surface area contributed by atoms with Crippen LogP contribution in [-0.4, -0.2) is 33.1 Å². The van der Waals surface area contributed by atoms with Crippen molar-refractivity contribution in [3.8, 4) is 17.0 Å². The summed E-state index contributed by atoms with van der Waals surface area (Å²) in [6.45, 7) is 4.85. The van der Waals surface area contributed by atoms with Gasteiger partial charge in [-0.2, -0.15) is 5.10 Å². The summed E-state index contributed by atoms with van der Waals surface area (Å²) in [5, 5.41) is 7.58. The van der Waals surface area contributed by atoms with Gasteiger partial charge in [-0.15, -0.1) is 0 Å². The van der Waals surface area contributed by atoms with E-state index in [-0.39, 0.29) is 11.9 Å². The maximum absolute atomic E-state index is 13.5. The van der Waals surface area contributed by atoms with Crippen LogP contribution in [0.4, 0.5) is 0 Å². The lowest BCUT2D eigenvalue weighted by atomic mass is 9.93. The Morgan fingerprint density at radius 1 is 1.00 bits per heavy atom. The first-order chi connectivity index (χ1) is 16.1. The number of carbonyl (C=O) groups excluding carboxylic acids is 1. The number of ether oxygens (including phenoxy) is 1. The molecule has 33 heavy (non-hydrogen) atoms. The van der Waals surface area contributed by atoms with Crippen molar-refractivity contribution in [3.05, 3.63) is 101 Å². The summed E-state index contributed by atoms with van der Waals surface area (Å²) in [5.74, 6) is 1.17. The van der Waals surface area contributed by atoms with Crippen molar-refractivity contribution in [1.82, 2.24) is 20.1 Å². The minimum atomic E-state index is -0.238. The number of fused-ring (bicyclic) bond motifs is 1. The normalized spacial score (nSPS) is 15.2. The van der Waals surface area contributed by atoms with Crippen LogP contribution in [0.3, 0.4) is 0 Å². The zero-order valence-electron chi connectivity index (χ0n) is 18.9. The molecule has 6 nitrogen and oxygen atoms in total. The van der Waals surface area contributed by atoms with E-state index in [1.165, 1.54) is 5.56 Å². The minimum absolute atomic E-state index is 0.0491. The van der Waals surface area contributed by atoms with Crippen LogP contribution in [-0.2, 0) is 6.54 Å². The summed E-state index contributed by atoms with van der Waals surface area (Å²) in [7, 11) is 1.65. The van der Waals surface area contributed by atoms with E-state index in [9.17, 15) is 4.79 Å². The van der Waals surface area contributed by atoms with Gasteiger partial charge in [-0.05, 0) is 59.0 Å². The fraction of sp³-hybridized carbons (Fsp3) is 0.222. The molecule has 6 heteroatoms. The Morgan fingerprint density at radius 3 is 2.33 bits per heavy atom. The average molecular weight is 439 g/mol. The quantitative estimate of drug-likeness (QED) is 0.441. The number of pyridine rings is 1. The molecule has 5 rings (SSSR count). The summed E-state index contributed by atoms with van der Waals surface area (Å²) in [4.78, 5) is 19.5. The second-order valence-corrected chi connectivity index (χ2v) is 8.60. The molecule has 3 heterocycles. The molecule has 2 aromatic carbocycles. The smallest absolute Gasteiger partial charge is 0.273 e. The Morgan fingerprint density at radius 2 is 1.70 bits per heavy atom. The molecule has 1 unspecified atom stereocenters. The topological polar surface area (TPSA) is 71.1 Å². The Bertz CT molecular complexity index is 1260. The molecule has 1 aliphatic rings. The third-order valence-corrected chi connectivity index (χ3v) is 6.25. The number of H-pyrrole nitrogens is 1. The molecule has 0 saturated heterocycles. The van der Waals surface area contributed by atoms with Crippen molar-refractivity contribution in [2.45, 2.75) is 32.4 Å². The van der Waals surface area contributed by atoms with E-state index in [2.05, 4.69) is 53.3 Å². The molecule has 1 amide bonds. The first kappa shape index (κ1) is 20.9. The van der Waals surface area contributed by atoms with Crippen LogP contribution in [0, 0.1) is 0 Å². The Kier molecular flexibility index (Phi) is 5.42. The molecule has 166 valence electrons. The van der Waals surface area contributed by atoms with Gasteiger partial charge in [-0.25, -0.2) is 0 Å². The minimum Gasteiger partial charge on any atom is -0.497 e. The predicted octanol–water partition coefficient (Wildman–Crippen LogP) is 5.35.